The molecule has 1 amide bonds. The summed E-state index contributed by atoms with van der Waals surface area (Å²) in [6.45, 7) is 6.37. The number of anilines is 1. The summed E-state index contributed by atoms with van der Waals surface area (Å²) >= 11 is 1.33. The highest BCUT2D eigenvalue weighted by Gasteiger charge is 2.13. The van der Waals surface area contributed by atoms with E-state index in [2.05, 4.69) is 22.1 Å². The highest BCUT2D eigenvalue weighted by molar-refractivity contribution is 7.99. The van der Waals surface area contributed by atoms with E-state index in [1.165, 1.54) is 11.8 Å². The van der Waals surface area contributed by atoms with E-state index in [9.17, 15) is 9.59 Å². The van der Waals surface area contributed by atoms with Crippen LogP contribution in [0.4, 0.5) is 5.69 Å². The van der Waals surface area contributed by atoms with Gasteiger partial charge in [0.15, 0.2) is 5.16 Å². The van der Waals surface area contributed by atoms with Crippen LogP contribution in [0.2, 0.25) is 0 Å². The Balaban J connectivity index is 1.71. The van der Waals surface area contributed by atoms with Gasteiger partial charge in [0.1, 0.15) is 5.82 Å². The Morgan fingerprint density at radius 3 is 2.70 bits per heavy atom. The number of carbonyl (C=O) groups excluding carboxylic acids is 1. The smallest absolute Gasteiger partial charge is 0.325 e. The molecule has 2 aromatic heterocycles. The van der Waals surface area contributed by atoms with Gasteiger partial charge in [-0.15, -0.1) is 16.8 Å². The van der Waals surface area contributed by atoms with E-state index in [0.29, 0.717) is 17.4 Å². The van der Waals surface area contributed by atoms with Gasteiger partial charge >= 0.3 is 5.69 Å². The van der Waals surface area contributed by atoms with Crippen LogP contribution in [0.5, 0.6) is 0 Å². The lowest BCUT2D eigenvalue weighted by Crippen LogP contribution is -2.19. The molecule has 0 atom stereocenters. The molecule has 0 radical (unpaired) electrons. The Hall–Kier alpha value is -2.81. The van der Waals surface area contributed by atoms with Crippen molar-refractivity contribution in [3.05, 3.63) is 47.2 Å². The summed E-state index contributed by atoms with van der Waals surface area (Å²) < 4.78 is 5.09. The van der Waals surface area contributed by atoms with Gasteiger partial charge in [0.2, 0.25) is 5.91 Å². The number of nitrogens with zero attached hydrogens (tertiary/aromatic N) is 5. The third-order valence-electron chi connectivity index (χ3n) is 4.31. The van der Waals surface area contributed by atoms with Gasteiger partial charge in [-0.3, -0.25) is 13.9 Å². The van der Waals surface area contributed by atoms with Crippen LogP contribution in [-0.2, 0) is 31.9 Å². The number of aromatic nitrogens is 5. The van der Waals surface area contributed by atoms with Crippen molar-refractivity contribution in [3.8, 4) is 0 Å². The van der Waals surface area contributed by atoms with Crippen molar-refractivity contribution in [2.75, 3.05) is 11.1 Å². The van der Waals surface area contributed by atoms with Gasteiger partial charge in [0.05, 0.1) is 16.8 Å². The van der Waals surface area contributed by atoms with Crippen LogP contribution in [0.25, 0.3) is 11.0 Å². The van der Waals surface area contributed by atoms with Crippen LogP contribution in [0, 0.1) is 0 Å². The molecule has 0 fully saturated rings. The van der Waals surface area contributed by atoms with Gasteiger partial charge in [-0.25, -0.2) is 4.79 Å². The molecular formula is C18H22N6O2S. The van der Waals surface area contributed by atoms with Gasteiger partial charge in [0.25, 0.3) is 0 Å². The third kappa shape index (κ3) is 3.68. The van der Waals surface area contributed by atoms with E-state index >= 15 is 0 Å². The van der Waals surface area contributed by atoms with Crippen molar-refractivity contribution >= 4 is 34.4 Å². The summed E-state index contributed by atoms with van der Waals surface area (Å²) in [5.41, 5.74) is 2.14. The Bertz CT molecular complexity index is 1060. The van der Waals surface area contributed by atoms with E-state index in [0.717, 1.165) is 23.3 Å². The van der Waals surface area contributed by atoms with E-state index < -0.39 is 0 Å². The maximum atomic E-state index is 12.3. The van der Waals surface area contributed by atoms with Gasteiger partial charge in [-0.2, -0.15) is 0 Å². The average Bonchev–Trinajstić information content (AvgIpc) is 3.15. The molecule has 0 bridgehead atoms. The van der Waals surface area contributed by atoms with Gasteiger partial charge < -0.3 is 9.88 Å². The number of hydrogen-bond acceptors (Lipinski definition) is 5. The molecule has 1 N–H and O–H groups in total. The summed E-state index contributed by atoms with van der Waals surface area (Å²) in [6.07, 6.45) is 2.55. The normalized spacial score (nSPS) is 11.1. The maximum absolute atomic E-state index is 12.3. The van der Waals surface area contributed by atoms with Crippen LogP contribution in [0.1, 0.15) is 12.7 Å². The van der Waals surface area contributed by atoms with Crippen molar-refractivity contribution in [2.45, 2.75) is 25.0 Å². The number of nitrogens with one attached hydrogen (secondary N) is 1. The second-order valence-corrected chi connectivity index (χ2v) is 7.04. The number of carbonyl (C=O) groups is 1. The predicted molar refractivity (Wildman–Crippen MR) is 107 cm³/mol. The highest BCUT2D eigenvalue weighted by atomic mass is 32.2. The molecule has 1 aromatic carbocycles. The number of fused-ring (bicyclic) bond motifs is 1. The molecule has 142 valence electrons. The molecule has 2 heterocycles. The fourth-order valence-corrected chi connectivity index (χ4v) is 3.68. The molecule has 0 saturated carbocycles. The SMILES string of the molecule is C=CCn1c(CC)nnc1SCC(=O)Nc1ccc2c(c1)n(C)c(=O)n2C. The van der Waals surface area contributed by atoms with E-state index in [-0.39, 0.29) is 17.3 Å². The number of hydrogen-bond donors (Lipinski definition) is 1. The maximum Gasteiger partial charge on any atom is 0.328 e. The van der Waals surface area contributed by atoms with Crippen molar-refractivity contribution in [2.24, 2.45) is 14.1 Å². The van der Waals surface area contributed by atoms with Gasteiger partial charge in [-0.05, 0) is 18.2 Å². The number of thioether (sulfide) groups is 1. The minimum atomic E-state index is -0.147. The van der Waals surface area contributed by atoms with E-state index in [1.807, 2.05) is 17.6 Å². The fraction of sp³-hybridized carbons (Fsp3) is 0.333. The number of amides is 1. The predicted octanol–water partition coefficient (Wildman–Crippen LogP) is 1.95. The summed E-state index contributed by atoms with van der Waals surface area (Å²) in [6, 6.07) is 5.42. The lowest BCUT2D eigenvalue weighted by Gasteiger charge is -2.07. The molecule has 3 aromatic rings. The van der Waals surface area contributed by atoms with E-state index in [4.69, 9.17) is 0 Å². The summed E-state index contributed by atoms with van der Waals surface area (Å²) in [5, 5.41) is 11.9. The molecule has 9 heteroatoms. The first-order valence-electron chi connectivity index (χ1n) is 8.57. The van der Waals surface area contributed by atoms with Crippen molar-refractivity contribution < 1.29 is 4.79 Å². The number of aryl methyl sites for hydroxylation is 3. The van der Waals surface area contributed by atoms with Crippen molar-refractivity contribution in [3.63, 3.8) is 0 Å². The topological polar surface area (TPSA) is 86.7 Å². The molecule has 27 heavy (non-hydrogen) atoms. The minimum Gasteiger partial charge on any atom is -0.325 e. The van der Waals surface area contributed by atoms with Crippen molar-refractivity contribution in [1.82, 2.24) is 23.9 Å². The molecule has 0 spiro atoms. The second kappa shape index (κ2) is 7.83. The van der Waals surface area contributed by atoms with Crippen LogP contribution in [0.3, 0.4) is 0 Å². The number of imidazole rings is 1. The number of benzene rings is 1. The first-order chi connectivity index (χ1) is 13.0. The summed E-state index contributed by atoms with van der Waals surface area (Å²) in [4.78, 5) is 24.3. The lowest BCUT2D eigenvalue weighted by atomic mass is 10.2. The zero-order chi connectivity index (χ0) is 19.6. The zero-order valence-electron chi connectivity index (χ0n) is 15.6. The quantitative estimate of drug-likeness (QED) is 0.495. The fourth-order valence-electron chi connectivity index (χ4n) is 2.91. The molecule has 0 unspecified atom stereocenters. The first kappa shape index (κ1) is 19.0. The van der Waals surface area contributed by atoms with Gasteiger partial charge in [-0.1, -0.05) is 24.8 Å². The number of allylic oxidation sites excluding steroid dienone is 1. The van der Waals surface area contributed by atoms with Crippen LogP contribution in [0.15, 0.2) is 40.8 Å². The minimum absolute atomic E-state index is 0.0997. The third-order valence-corrected chi connectivity index (χ3v) is 5.28. The molecular weight excluding hydrogens is 364 g/mol. The second-order valence-electron chi connectivity index (χ2n) is 6.09. The highest BCUT2D eigenvalue weighted by Crippen LogP contribution is 2.20. The summed E-state index contributed by atoms with van der Waals surface area (Å²) in [5.74, 6) is 0.935. The van der Waals surface area contributed by atoms with Crippen molar-refractivity contribution in [1.29, 1.82) is 0 Å². The van der Waals surface area contributed by atoms with Crippen LogP contribution in [-0.4, -0.2) is 35.6 Å². The van der Waals surface area contributed by atoms with E-state index in [1.54, 1.807) is 41.4 Å². The standard InChI is InChI=1S/C18H22N6O2S/c1-5-9-24-15(6-2)20-21-17(24)27-11-16(25)19-12-7-8-13-14(10-12)23(4)18(26)22(13)3/h5,7-8,10H,1,6,9,11H2,2-4H3,(H,19,25). The van der Waals surface area contributed by atoms with Crippen LogP contribution >= 0.6 is 11.8 Å². The Morgan fingerprint density at radius 1 is 1.26 bits per heavy atom. The molecule has 0 aliphatic carbocycles. The molecule has 0 aliphatic heterocycles. The Kier molecular flexibility index (Phi) is 5.50. The lowest BCUT2D eigenvalue weighted by molar-refractivity contribution is -0.113. The van der Waals surface area contributed by atoms with Gasteiger partial charge in [0, 0.05) is 32.7 Å². The average molecular weight is 386 g/mol. The Morgan fingerprint density at radius 2 is 2.00 bits per heavy atom. The monoisotopic (exact) mass is 386 g/mol. The Labute approximate surface area is 160 Å². The molecule has 0 aliphatic rings. The molecule has 8 nitrogen and oxygen atoms in total. The molecule has 0 saturated heterocycles. The first-order valence-corrected chi connectivity index (χ1v) is 9.55. The summed E-state index contributed by atoms with van der Waals surface area (Å²) in [7, 11) is 3.44. The zero-order valence-corrected chi connectivity index (χ0v) is 16.4. The molecule has 3 rings (SSSR count). The number of rotatable bonds is 7. The van der Waals surface area contributed by atoms with Crippen LogP contribution < -0.4 is 11.0 Å². The largest absolute Gasteiger partial charge is 0.328 e.